The molecule has 0 spiro atoms. The summed E-state index contributed by atoms with van der Waals surface area (Å²) in [5.74, 6) is -0.339. The van der Waals surface area contributed by atoms with Crippen LogP contribution in [0.3, 0.4) is 0 Å². The molecule has 5 nitrogen and oxygen atoms in total. The van der Waals surface area contributed by atoms with E-state index < -0.39 is 0 Å². The zero-order chi connectivity index (χ0) is 14.3. The average Bonchev–Trinajstić information content (AvgIpc) is 2.27. The fourth-order valence-corrected chi connectivity index (χ4v) is 1.80. The summed E-state index contributed by atoms with van der Waals surface area (Å²) >= 11 is 0. The van der Waals surface area contributed by atoms with Gasteiger partial charge in [-0.2, -0.15) is 0 Å². The molecule has 1 rings (SSSR count). The lowest BCUT2D eigenvalue weighted by Crippen LogP contribution is -2.36. The van der Waals surface area contributed by atoms with E-state index in [1.807, 2.05) is 43.0 Å². The van der Waals surface area contributed by atoms with Crippen molar-refractivity contribution in [2.75, 3.05) is 25.4 Å². The van der Waals surface area contributed by atoms with Gasteiger partial charge in [0.2, 0.25) is 5.91 Å². The van der Waals surface area contributed by atoms with Crippen molar-refractivity contribution in [1.82, 2.24) is 4.90 Å². The zero-order valence-electron chi connectivity index (χ0n) is 11.6. The van der Waals surface area contributed by atoms with Crippen molar-refractivity contribution in [2.24, 2.45) is 5.73 Å². The molecule has 0 aliphatic heterocycles. The Bertz CT molecular complexity index is 407. The molecule has 1 aromatic rings. The number of primary amides is 1. The molecule has 1 aromatic carbocycles. The first kappa shape index (κ1) is 15.5. The third kappa shape index (κ3) is 6.79. The fraction of sp³-hybridized carbons (Fsp3) is 0.500. The molecule has 106 valence electrons. The third-order valence-electron chi connectivity index (χ3n) is 2.60. The van der Waals surface area contributed by atoms with Crippen LogP contribution in [0.1, 0.15) is 19.4 Å². The smallest absolute Gasteiger partial charge is 0.231 e. The molecule has 1 amide bonds. The molecule has 0 heterocycles. The lowest BCUT2D eigenvalue weighted by molar-refractivity contribution is -0.119. The van der Waals surface area contributed by atoms with Crippen LogP contribution in [0, 0.1) is 0 Å². The summed E-state index contributed by atoms with van der Waals surface area (Å²) in [5, 5.41) is 0. The van der Waals surface area contributed by atoms with Gasteiger partial charge in [0, 0.05) is 18.8 Å². The minimum atomic E-state index is -0.339. The molecule has 0 atom stereocenters. The summed E-state index contributed by atoms with van der Waals surface area (Å²) in [5.41, 5.74) is 12.8. The second kappa shape index (κ2) is 7.76. The van der Waals surface area contributed by atoms with Crippen molar-refractivity contribution in [3.05, 3.63) is 29.8 Å². The van der Waals surface area contributed by atoms with Crippen LogP contribution >= 0.6 is 0 Å². The van der Waals surface area contributed by atoms with Gasteiger partial charge in [-0.25, -0.2) is 0 Å². The van der Waals surface area contributed by atoms with Crippen molar-refractivity contribution >= 4 is 11.6 Å². The number of nitrogens with two attached hydrogens (primary N) is 2. The largest absolute Gasteiger partial charge is 0.399 e. The van der Waals surface area contributed by atoms with E-state index in [1.54, 1.807) is 0 Å². The van der Waals surface area contributed by atoms with Crippen molar-refractivity contribution in [1.29, 1.82) is 0 Å². The normalized spacial score (nSPS) is 11.2. The van der Waals surface area contributed by atoms with Crippen molar-refractivity contribution in [2.45, 2.75) is 26.5 Å². The van der Waals surface area contributed by atoms with Crippen LogP contribution in [-0.2, 0) is 16.1 Å². The van der Waals surface area contributed by atoms with Gasteiger partial charge in [0.15, 0.2) is 0 Å². The molecule has 0 aliphatic carbocycles. The minimum absolute atomic E-state index is 0.183. The number of carbonyl (C=O) groups is 1. The van der Waals surface area contributed by atoms with Crippen LogP contribution in [0.25, 0.3) is 0 Å². The van der Waals surface area contributed by atoms with Crippen LogP contribution in [0.15, 0.2) is 24.3 Å². The van der Waals surface area contributed by atoms with Crippen LogP contribution < -0.4 is 11.5 Å². The number of anilines is 1. The number of hydrogen-bond acceptors (Lipinski definition) is 4. The van der Waals surface area contributed by atoms with Crippen molar-refractivity contribution in [3.63, 3.8) is 0 Å². The molecule has 0 aromatic heterocycles. The van der Waals surface area contributed by atoms with Gasteiger partial charge >= 0.3 is 0 Å². The van der Waals surface area contributed by atoms with E-state index in [0.29, 0.717) is 19.7 Å². The second-order valence-electron chi connectivity index (χ2n) is 4.84. The number of benzene rings is 1. The Labute approximate surface area is 114 Å². The summed E-state index contributed by atoms with van der Waals surface area (Å²) in [6.45, 7) is 6.06. The van der Waals surface area contributed by atoms with Crippen molar-refractivity contribution in [3.8, 4) is 0 Å². The van der Waals surface area contributed by atoms with E-state index in [2.05, 4.69) is 0 Å². The first-order valence-corrected chi connectivity index (χ1v) is 6.44. The van der Waals surface area contributed by atoms with Gasteiger partial charge < -0.3 is 16.2 Å². The molecular formula is C14H23N3O2. The summed E-state index contributed by atoms with van der Waals surface area (Å²) in [4.78, 5) is 13.0. The predicted octanol–water partition coefficient (Wildman–Crippen LogP) is 0.981. The molecule has 4 N–H and O–H groups in total. The molecule has 0 bridgehead atoms. The van der Waals surface area contributed by atoms with Gasteiger partial charge in [-0.1, -0.05) is 12.1 Å². The van der Waals surface area contributed by atoms with E-state index in [4.69, 9.17) is 16.2 Å². The first-order valence-electron chi connectivity index (χ1n) is 6.44. The SMILES string of the molecule is CC(C)OCCN(CC(N)=O)Cc1cccc(N)c1. The van der Waals surface area contributed by atoms with Crippen molar-refractivity contribution < 1.29 is 9.53 Å². The van der Waals surface area contributed by atoms with Crippen LogP contribution in [0.4, 0.5) is 5.69 Å². The van der Waals surface area contributed by atoms with Gasteiger partial charge in [0.1, 0.15) is 0 Å². The Kier molecular flexibility index (Phi) is 6.32. The minimum Gasteiger partial charge on any atom is -0.399 e. The van der Waals surface area contributed by atoms with Crippen LogP contribution in [-0.4, -0.2) is 36.6 Å². The van der Waals surface area contributed by atoms with Crippen LogP contribution in [0.2, 0.25) is 0 Å². The van der Waals surface area contributed by atoms with Crippen LogP contribution in [0.5, 0.6) is 0 Å². The monoisotopic (exact) mass is 265 g/mol. The quantitative estimate of drug-likeness (QED) is 0.687. The molecule has 0 saturated heterocycles. The Morgan fingerprint density at radius 2 is 2.16 bits per heavy atom. The summed E-state index contributed by atoms with van der Waals surface area (Å²) in [7, 11) is 0. The molecule has 0 saturated carbocycles. The number of carbonyl (C=O) groups excluding carboxylic acids is 1. The average molecular weight is 265 g/mol. The van der Waals surface area contributed by atoms with E-state index in [0.717, 1.165) is 11.3 Å². The topological polar surface area (TPSA) is 81.6 Å². The maximum atomic E-state index is 11.1. The fourth-order valence-electron chi connectivity index (χ4n) is 1.80. The van der Waals surface area contributed by atoms with Gasteiger partial charge in [0.05, 0.1) is 19.3 Å². The number of ether oxygens (including phenoxy) is 1. The Morgan fingerprint density at radius 3 is 2.74 bits per heavy atom. The molecule has 5 heteroatoms. The molecular weight excluding hydrogens is 242 g/mol. The lowest BCUT2D eigenvalue weighted by Gasteiger charge is -2.21. The maximum Gasteiger partial charge on any atom is 0.231 e. The molecule has 0 fully saturated rings. The van der Waals surface area contributed by atoms with Gasteiger partial charge in [-0.15, -0.1) is 0 Å². The van der Waals surface area contributed by atoms with E-state index in [-0.39, 0.29) is 18.6 Å². The van der Waals surface area contributed by atoms with Gasteiger partial charge in [-0.3, -0.25) is 9.69 Å². The Balaban J connectivity index is 2.55. The molecule has 19 heavy (non-hydrogen) atoms. The number of nitrogens with zero attached hydrogens (tertiary/aromatic N) is 1. The van der Waals surface area contributed by atoms with Gasteiger partial charge in [0.25, 0.3) is 0 Å². The standard InChI is InChI=1S/C14H23N3O2/c1-11(2)19-7-6-17(10-14(16)18)9-12-4-3-5-13(15)8-12/h3-5,8,11H,6-7,9-10,15H2,1-2H3,(H2,16,18). The summed E-state index contributed by atoms with van der Waals surface area (Å²) in [6.07, 6.45) is 0.183. The summed E-state index contributed by atoms with van der Waals surface area (Å²) < 4.78 is 5.50. The highest BCUT2D eigenvalue weighted by atomic mass is 16.5. The Hall–Kier alpha value is -1.59. The highest BCUT2D eigenvalue weighted by Crippen LogP contribution is 2.09. The maximum absolute atomic E-state index is 11.1. The lowest BCUT2D eigenvalue weighted by atomic mass is 10.2. The third-order valence-corrected chi connectivity index (χ3v) is 2.60. The number of rotatable bonds is 8. The Morgan fingerprint density at radius 1 is 1.42 bits per heavy atom. The number of amides is 1. The molecule has 0 aliphatic rings. The van der Waals surface area contributed by atoms with E-state index in [9.17, 15) is 4.79 Å². The van der Waals surface area contributed by atoms with E-state index >= 15 is 0 Å². The second-order valence-corrected chi connectivity index (χ2v) is 4.84. The highest BCUT2D eigenvalue weighted by molar-refractivity contribution is 5.75. The molecule has 0 radical (unpaired) electrons. The zero-order valence-corrected chi connectivity index (χ0v) is 11.6. The molecule has 0 unspecified atom stereocenters. The first-order chi connectivity index (χ1) is 8.97. The van der Waals surface area contributed by atoms with Gasteiger partial charge in [-0.05, 0) is 31.5 Å². The number of hydrogen-bond donors (Lipinski definition) is 2. The summed E-state index contributed by atoms with van der Waals surface area (Å²) in [6, 6.07) is 7.62. The van der Waals surface area contributed by atoms with E-state index in [1.165, 1.54) is 0 Å². The highest BCUT2D eigenvalue weighted by Gasteiger charge is 2.09. The number of nitrogen functional groups attached to an aromatic ring is 1. The predicted molar refractivity (Wildman–Crippen MR) is 76.4 cm³/mol.